The predicted octanol–water partition coefficient (Wildman–Crippen LogP) is 1.31. The van der Waals surface area contributed by atoms with E-state index in [1.807, 2.05) is 18.2 Å². The van der Waals surface area contributed by atoms with Gasteiger partial charge in [-0.05, 0) is 49.3 Å². The second-order valence-corrected chi connectivity index (χ2v) is 5.25. The molecule has 0 spiro atoms. The van der Waals surface area contributed by atoms with Gasteiger partial charge in [-0.25, -0.2) is 0 Å². The van der Waals surface area contributed by atoms with Gasteiger partial charge in [-0.2, -0.15) is 0 Å². The van der Waals surface area contributed by atoms with Crippen LogP contribution in [0.5, 0.6) is 0 Å². The zero-order chi connectivity index (χ0) is 11.9. The molecule has 3 rings (SSSR count). The molecule has 0 heterocycles. The maximum atomic E-state index is 11.9. The highest BCUT2D eigenvalue weighted by Gasteiger charge is 2.44. The minimum absolute atomic E-state index is 0.233. The maximum absolute atomic E-state index is 11.9. The quantitative estimate of drug-likeness (QED) is 0.819. The lowest BCUT2D eigenvalue weighted by Gasteiger charge is -2.28. The fraction of sp³-hybridized carbons (Fsp3) is 0.500. The van der Waals surface area contributed by atoms with Crippen molar-refractivity contribution in [3.63, 3.8) is 0 Å². The number of carbonyl (C=O) groups is 1. The Morgan fingerprint density at radius 3 is 2.88 bits per heavy atom. The van der Waals surface area contributed by atoms with E-state index in [9.17, 15) is 4.79 Å². The zero-order valence-corrected chi connectivity index (χ0v) is 9.91. The molecule has 3 heteroatoms. The molecular formula is C14H18N2O. The summed E-state index contributed by atoms with van der Waals surface area (Å²) in [7, 11) is 0. The first-order valence-corrected chi connectivity index (χ1v) is 6.36. The first-order chi connectivity index (χ1) is 8.22. The summed E-state index contributed by atoms with van der Waals surface area (Å²) in [5.74, 6) is 0.516. The van der Waals surface area contributed by atoms with Crippen LogP contribution in [-0.2, 0) is 16.8 Å². The molecule has 1 amide bonds. The van der Waals surface area contributed by atoms with Gasteiger partial charge in [-0.1, -0.05) is 24.3 Å². The van der Waals surface area contributed by atoms with E-state index in [0.717, 1.165) is 30.9 Å². The number of benzene rings is 1. The van der Waals surface area contributed by atoms with Crippen molar-refractivity contribution in [3.05, 3.63) is 35.4 Å². The van der Waals surface area contributed by atoms with Gasteiger partial charge >= 0.3 is 0 Å². The highest BCUT2D eigenvalue weighted by molar-refractivity contribution is 5.87. The summed E-state index contributed by atoms with van der Waals surface area (Å²) < 4.78 is 0. The zero-order valence-electron chi connectivity index (χ0n) is 9.91. The molecule has 3 nitrogen and oxygen atoms in total. The third kappa shape index (κ3) is 1.75. The van der Waals surface area contributed by atoms with E-state index in [1.165, 1.54) is 18.4 Å². The summed E-state index contributed by atoms with van der Waals surface area (Å²) >= 11 is 0. The first-order valence-electron chi connectivity index (χ1n) is 6.36. The van der Waals surface area contributed by atoms with E-state index < -0.39 is 5.54 Å². The average molecular weight is 230 g/mol. The van der Waals surface area contributed by atoms with Gasteiger partial charge in [0.1, 0.15) is 5.54 Å². The maximum Gasteiger partial charge on any atom is 0.242 e. The molecule has 1 unspecified atom stereocenters. The van der Waals surface area contributed by atoms with E-state index >= 15 is 0 Å². The number of nitrogens with one attached hydrogen (secondary N) is 1. The standard InChI is InChI=1S/C14H18N2O/c15-13(17)14(16-9-10-5-6-10)8-7-11-3-1-2-4-12(11)14/h1-4,10,16H,5-9H2,(H2,15,17). The Bertz CT molecular complexity index is 453. The van der Waals surface area contributed by atoms with Crippen molar-refractivity contribution in [2.45, 2.75) is 31.2 Å². The molecule has 1 saturated carbocycles. The Kier molecular flexibility index (Phi) is 2.44. The second-order valence-electron chi connectivity index (χ2n) is 5.25. The van der Waals surface area contributed by atoms with Crippen molar-refractivity contribution in [1.29, 1.82) is 0 Å². The number of fused-ring (bicyclic) bond motifs is 1. The van der Waals surface area contributed by atoms with E-state index in [-0.39, 0.29) is 5.91 Å². The SMILES string of the molecule is NC(=O)C1(NCC2CC2)CCc2ccccc21. The number of hydrogen-bond acceptors (Lipinski definition) is 2. The lowest BCUT2D eigenvalue weighted by atomic mass is 9.90. The minimum Gasteiger partial charge on any atom is -0.368 e. The summed E-state index contributed by atoms with van der Waals surface area (Å²) in [6.45, 7) is 0.914. The Balaban J connectivity index is 1.92. The van der Waals surface area contributed by atoms with Crippen LogP contribution in [0.4, 0.5) is 0 Å². The van der Waals surface area contributed by atoms with Crippen LogP contribution in [0.15, 0.2) is 24.3 Å². The van der Waals surface area contributed by atoms with Gasteiger partial charge in [0.2, 0.25) is 5.91 Å². The summed E-state index contributed by atoms with van der Waals surface area (Å²) in [5, 5.41) is 3.44. The highest BCUT2D eigenvalue weighted by atomic mass is 16.1. The van der Waals surface area contributed by atoms with E-state index in [4.69, 9.17) is 5.73 Å². The molecular weight excluding hydrogens is 212 g/mol. The fourth-order valence-corrected chi connectivity index (χ4v) is 2.78. The number of carbonyl (C=O) groups excluding carboxylic acids is 1. The van der Waals surface area contributed by atoms with Crippen LogP contribution in [0.2, 0.25) is 0 Å². The number of rotatable bonds is 4. The Morgan fingerprint density at radius 2 is 2.18 bits per heavy atom. The Morgan fingerprint density at radius 1 is 1.41 bits per heavy atom. The van der Waals surface area contributed by atoms with Gasteiger partial charge in [-0.3, -0.25) is 10.1 Å². The molecule has 0 saturated heterocycles. The molecule has 2 aliphatic carbocycles. The van der Waals surface area contributed by atoms with E-state index in [1.54, 1.807) is 0 Å². The molecule has 0 bridgehead atoms. The van der Waals surface area contributed by atoms with Crippen molar-refractivity contribution in [1.82, 2.24) is 5.32 Å². The lowest BCUT2D eigenvalue weighted by molar-refractivity contribution is -0.124. The van der Waals surface area contributed by atoms with Gasteiger partial charge in [-0.15, -0.1) is 0 Å². The summed E-state index contributed by atoms with van der Waals surface area (Å²) in [6.07, 6.45) is 4.30. The number of primary amides is 1. The number of amides is 1. The molecule has 1 aromatic carbocycles. The molecule has 1 atom stereocenters. The first kappa shape index (κ1) is 10.8. The van der Waals surface area contributed by atoms with Crippen LogP contribution in [0.3, 0.4) is 0 Å². The van der Waals surface area contributed by atoms with Crippen molar-refractivity contribution < 1.29 is 4.79 Å². The van der Waals surface area contributed by atoms with Gasteiger partial charge in [0.25, 0.3) is 0 Å². The van der Waals surface area contributed by atoms with Gasteiger partial charge in [0, 0.05) is 0 Å². The van der Waals surface area contributed by atoms with Gasteiger partial charge in [0.15, 0.2) is 0 Å². The third-order valence-corrected chi connectivity index (χ3v) is 4.06. The minimum atomic E-state index is -0.612. The van der Waals surface area contributed by atoms with Crippen LogP contribution < -0.4 is 11.1 Å². The number of aryl methyl sites for hydroxylation is 1. The van der Waals surface area contributed by atoms with Crippen LogP contribution in [0, 0.1) is 5.92 Å². The van der Waals surface area contributed by atoms with Crippen molar-refractivity contribution in [2.24, 2.45) is 11.7 Å². The summed E-state index contributed by atoms with van der Waals surface area (Å²) in [6, 6.07) is 8.14. The summed E-state index contributed by atoms with van der Waals surface area (Å²) in [5.41, 5.74) is 7.39. The van der Waals surface area contributed by atoms with Gasteiger partial charge < -0.3 is 5.73 Å². The molecule has 17 heavy (non-hydrogen) atoms. The highest BCUT2D eigenvalue weighted by Crippen LogP contribution is 2.38. The van der Waals surface area contributed by atoms with Crippen LogP contribution in [0.25, 0.3) is 0 Å². The van der Waals surface area contributed by atoms with Crippen LogP contribution in [0.1, 0.15) is 30.4 Å². The molecule has 3 N–H and O–H groups in total. The monoisotopic (exact) mass is 230 g/mol. The van der Waals surface area contributed by atoms with Crippen molar-refractivity contribution in [2.75, 3.05) is 6.54 Å². The molecule has 2 aliphatic rings. The predicted molar refractivity (Wildman–Crippen MR) is 66.4 cm³/mol. The number of nitrogens with two attached hydrogens (primary N) is 1. The lowest BCUT2D eigenvalue weighted by Crippen LogP contribution is -2.51. The molecule has 1 aromatic rings. The molecule has 0 radical (unpaired) electrons. The van der Waals surface area contributed by atoms with Crippen molar-refractivity contribution in [3.8, 4) is 0 Å². The van der Waals surface area contributed by atoms with Gasteiger partial charge in [0.05, 0.1) is 0 Å². The average Bonchev–Trinajstić information content (AvgIpc) is 3.08. The van der Waals surface area contributed by atoms with E-state index in [2.05, 4.69) is 11.4 Å². The Labute approximate surface area is 101 Å². The van der Waals surface area contributed by atoms with Crippen LogP contribution >= 0.6 is 0 Å². The second kappa shape index (κ2) is 3.84. The smallest absolute Gasteiger partial charge is 0.242 e. The van der Waals surface area contributed by atoms with Crippen molar-refractivity contribution >= 4 is 5.91 Å². The summed E-state index contributed by atoms with van der Waals surface area (Å²) in [4.78, 5) is 11.9. The molecule has 0 aliphatic heterocycles. The topological polar surface area (TPSA) is 55.1 Å². The third-order valence-electron chi connectivity index (χ3n) is 4.06. The Hall–Kier alpha value is -1.35. The van der Waals surface area contributed by atoms with Crippen LogP contribution in [-0.4, -0.2) is 12.5 Å². The normalized spacial score (nSPS) is 26.8. The molecule has 0 aromatic heterocycles. The fourth-order valence-electron chi connectivity index (χ4n) is 2.78. The van der Waals surface area contributed by atoms with E-state index in [0.29, 0.717) is 0 Å². The number of hydrogen-bond donors (Lipinski definition) is 2. The molecule has 90 valence electrons. The molecule has 1 fully saturated rings. The largest absolute Gasteiger partial charge is 0.368 e.